The number of carbonyl (C=O) groups is 1. The van der Waals surface area contributed by atoms with Gasteiger partial charge in [0.25, 0.3) is 0 Å². The minimum Gasteiger partial charge on any atom is -0.496 e. The van der Waals surface area contributed by atoms with Gasteiger partial charge in [-0.2, -0.15) is 0 Å². The number of fused-ring (bicyclic) bond motifs is 1. The van der Waals surface area contributed by atoms with Gasteiger partial charge < -0.3 is 19.0 Å². The Kier molecular flexibility index (Phi) is 3.77. The average molecular weight is 284 g/mol. The summed E-state index contributed by atoms with van der Waals surface area (Å²) in [5.74, 6) is 2.18. The predicted molar refractivity (Wildman–Crippen MR) is 78.1 cm³/mol. The normalized spacial score (nSPS) is 13.8. The summed E-state index contributed by atoms with van der Waals surface area (Å²) >= 11 is 0. The molecule has 0 N–H and O–H groups in total. The molecule has 0 saturated heterocycles. The molecule has 2 aromatic carbocycles. The van der Waals surface area contributed by atoms with Crippen molar-refractivity contribution in [3.8, 4) is 17.2 Å². The van der Waals surface area contributed by atoms with Gasteiger partial charge in [-0.3, -0.25) is 0 Å². The fourth-order valence-electron chi connectivity index (χ4n) is 2.62. The molecular formula is C17H16O4. The van der Waals surface area contributed by atoms with Gasteiger partial charge in [0.15, 0.2) is 11.5 Å². The molecule has 0 fully saturated rings. The second-order valence-corrected chi connectivity index (χ2v) is 4.81. The topological polar surface area (TPSA) is 44.8 Å². The Morgan fingerprint density at radius 1 is 1.19 bits per heavy atom. The van der Waals surface area contributed by atoms with Crippen molar-refractivity contribution in [2.45, 2.75) is 12.3 Å². The molecule has 0 amide bonds. The minimum atomic E-state index is -0.0619. The lowest BCUT2D eigenvalue weighted by molar-refractivity contribution is -0.108. The van der Waals surface area contributed by atoms with Crippen molar-refractivity contribution in [1.29, 1.82) is 0 Å². The summed E-state index contributed by atoms with van der Waals surface area (Å²) in [6.45, 7) is 0.242. The molecule has 21 heavy (non-hydrogen) atoms. The number of aldehydes is 1. The van der Waals surface area contributed by atoms with Crippen LogP contribution in [-0.4, -0.2) is 20.2 Å². The van der Waals surface area contributed by atoms with E-state index >= 15 is 0 Å². The summed E-state index contributed by atoms with van der Waals surface area (Å²) in [6, 6.07) is 13.5. The molecule has 0 bridgehead atoms. The van der Waals surface area contributed by atoms with Crippen LogP contribution in [0.5, 0.6) is 17.2 Å². The second-order valence-electron chi connectivity index (χ2n) is 4.81. The summed E-state index contributed by atoms with van der Waals surface area (Å²) in [5, 5.41) is 0. The van der Waals surface area contributed by atoms with E-state index in [1.165, 1.54) is 0 Å². The van der Waals surface area contributed by atoms with E-state index in [-0.39, 0.29) is 12.7 Å². The number of benzene rings is 2. The van der Waals surface area contributed by atoms with Crippen LogP contribution in [0, 0.1) is 0 Å². The van der Waals surface area contributed by atoms with Gasteiger partial charge in [-0.1, -0.05) is 24.3 Å². The Morgan fingerprint density at radius 2 is 2.00 bits per heavy atom. The van der Waals surface area contributed by atoms with Crippen LogP contribution >= 0.6 is 0 Å². The number of rotatable bonds is 5. The molecule has 0 radical (unpaired) electrons. The highest BCUT2D eigenvalue weighted by Gasteiger charge is 2.21. The highest BCUT2D eigenvalue weighted by molar-refractivity contribution is 5.57. The zero-order chi connectivity index (χ0) is 14.7. The summed E-state index contributed by atoms with van der Waals surface area (Å²) in [6.07, 6.45) is 1.32. The Bertz CT molecular complexity index is 651. The molecular weight excluding hydrogens is 268 g/mol. The number of para-hydroxylation sites is 1. The molecule has 0 aliphatic carbocycles. The quantitative estimate of drug-likeness (QED) is 0.791. The van der Waals surface area contributed by atoms with Gasteiger partial charge in [-0.25, -0.2) is 0 Å². The van der Waals surface area contributed by atoms with Crippen molar-refractivity contribution in [2.75, 3.05) is 13.9 Å². The first-order chi connectivity index (χ1) is 10.3. The summed E-state index contributed by atoms with van der Waals surface area (Å²) in [4.78, 5) is 11.1. The van der Waals surface area contributed by atoms with E-state index in [0.717, 1.165) is 34.7 Å². The van der Waals surface area contributed by atoms with E-state index in [1.807, 2.05) is 42.5 Å². The first-order valence-corrected chi connectivity index (χ1v) is 6.79. The monoisotopic (exact) mass is 284 g/mol. The molecule has 3 rings (SSSR count). The van der Waals surface area contributed by atoms with Gasteiger partial charge in [0, 0.05) is 17.9 Å². The standard InChI is InChI=1S/C17H16O4/c1-19-15-5-3-2-4-14(15)13(8-9-18)12-6-7-16-17(10-12)21-11-20-16/h2-7,9-10,13H,8,11H2,1H3. The maximum Gasteiger partial charge on any atom is 0.231 e. The zero-order valence-electron chi connectivity index (χ0n) is 11.7. The molecule has 1 heterocycles. The van der Waals surface area contributed by atoms with Gasteiger partial charge in [0.05, 0.1) is 7.11 Å². The zero-order valence-corrected chi connectivity index (χ0v) is 11.7. The predicted octanol–water partition coefficient (Wildman–Crippen LogP) is 3.14. The smallest absolute Gasteiger partial charge is 0.231 e. The second kappa shape index (κ2) is 5.87. The highest BCUT2D eigenvalue weighted by Crippen LogP contribution is 2.39. The minimum absolute atomic E-state index is 0.0619. The maximum absolute atomic E-state index is 11.1. The fraction of sp³-hybridized carbons (Fsp3) is 0.235. The van der Waals surface area contributed by atoms with Gasteiger partial charge in [0.1, 0.15) is 12.0 Å². The van der Waals surface area contributed by atoms with Crippen LogP contribution in [0.4, 0.5) is 0 Å². The van der Waals surface area contributed by atoms with Crippen molar-refractivity contribution in [3.63, 3.8) is 0 Å². The van der Waals surface area contributed by atoms with Crippen molar-refractivity contribution in [3.05, 3.63) is 53.6 Å². The van der Waals surface area contributed by atoms with Gasteiger partial charge in [-0.05, 0) is 23.8 Å². The Balaban J connectivity index is 2.03. The largest absolute Gasteiger partial charge is 0.496 e. The molecule has 4 heteroatoms. The van der Waals surface area contributed by atoms with Crippen molar-refractivity contribution in [1.82, 2.24) is 0 Å². The average Bonchev–Trinajstić information content (AvgIpc) is 3.00. The van der Waals surface area contributed by atoms with Crippen molar-refractivity contribution >= 4 is 6.29 Å². The van der Waals surface area contributed by atoms with Crippen LogP contribution in [0.15, 0.2) is 42.5 Å². The summed E-state index contributed by atoms with van der Waals surface area (Å²) in [7, 11) is 1.64. The number of hydrogen-bond donors (Lipinski definition) is 0. The Hall–Kier alpha value is -2.49. The van der Waals surface area contributed by atoms with Gasteiger partial charge in [-0.15, -0.1) is 0 Å². The molecule has 0 spiro atoms. The molecule has 1 aliphatic heterocycles. The molecule has 0 aromatic heterocycles. The molecule has 0 saturated carbocycles. The van der Waals surface area contributed by atoms with Crippen LogP contribution in [0.25, 0.3) is 0 Å². The SMILES string of the molecule is COc1ccccc1C(CC=O)c1ccc2c(c1)OCO2. The third kappa shape index (κ3) is 2.57. The lowest BCUT2D eigenvalue weighted by Gasteiger charge is -2.18. The van der Waals surface area contributed by atoms with Gasteiger partial charge >= 0.3 is 0 Å². The third-order valence-electron chi connectivity index (χ3n) is 3.65. The van der Waals surface area contributed by atoms with E-state index in [2.05, 4.69) is 0 Å². The van der Waals surface area contributed by atoms with Gasteiger partial charge in [0.2, 0.25) is 6.79 Å². The first-order valence-electron chi connectivity index (χ1n) is 6.79. The van der Waals surface area contributed by atoms with Crippen LogP contribution < -0.4 is 14.2 Å². The lowest BCUT2D eigenvalue weighted by atomic mass is 9.88. The number of carbonyl (C=O) groups excluding carboxylic acids is 1. The Morgan fingerprint density at radius 3 is 2.81 bits per heavy atom. The van der Waals surface area contributed by atoms with Crippen molar-refractivity contribution in [2.24, 2.45) is 0 Å². The number of ether oxygens (including phenoxy) is 3. The van der Waals surface area contributed by atoms with Crippen LogP contribution in [0.3, 0.4) is 0 Å². The summed E-state index contributed by atoms with van der Waals surface area (Å²) in [5.41, 5.74) is 2.00. The number of hydrogen-bond acceptors (Lipinski definition) is 4. The van der Waals surface area contributed by atoms with E-state index in [0.29, 0.717) is 6.42 Å². The molecule has 2 aromatic rings. The van der Waals surface area contributed by atoms with E-state index in [9.17, 15) is 4.79 Å². The Labute approximate surface area is 123 Å². The molecule has 1 unspecified atom stereocenters. The van der Waals surface area contributed by atoms with Crippen LogP contribution in [0.2, 0.25) is 0 Å². The molecule has 1 atom stereocenters. The fourth-order valence-corrected chi connectivity index (χ4v) is 2.62. The molecule has 108 valence electrons. The van der Waals surface area contributed by atoms with E-state index in [4.69, 9.17) is 14.2 Å². The maximum atomic E-state index is 11.1. The lowest BCUT2D eigenvalue weighted by Crippen LogP contribution is -2.04. The first kappa shape index (κ1) is 13.5. The molecule has 4 nitrogen and oxygen atoms in total. The van der Waals surface area contributed by atoms with E-state index < -0.39 is 0 Å². The molecule has 1 aliphatic rings. The summed E-state index contributed by atoms with van der Waals surface area (Å²) < 4.78 is 16.2. The van der Waals surface area contributed by atoms with Crippen LogP contribution in [-0.2, 0) is 4.79 Å². The number of methoxy groups -OCH3 is 1. The van der Waals surface area contributed by atoms with Crippen molar-refractivity contribution < 1.29 is 19.0 Å². The highest BCUT2D eigenvalue weighted by atomic mass is 16.7. The van der Waals surface area contributed by atoms with Crippen LogP contribution in [0.1, 0.15) is 23.5 Å². The van der Waals surface area contributed by atoms with E-state index in [1.54, 1.807) is 7.11 Å². The third-order valence-corrected chi connectivity index (χ3v) is 3.65.